The molecule has 9 nitrogen and oxygen atoms in total. The molecule has 2 fully saturated rings. The predicted molar refractivity (Wildman–Crippen MR) is 152 cm³/mol. The van der Waals surface area contributed by atoms with Crippen molar-refractivity contribution < 1.29 is 32.3 Å². The van der Waals surface area contributed by atoms with Crippen LogP contribution in [0.1, 0.15) is 71.1 Å². The summed E-state index contributed by atoms with van der Waals surface area (Å²) >= 11 is 0. The van der Waals surface area contributed by atoms with Gasteiger partial charge in [0.05, 0.1) is 23.0 Å². The van der Waals surface area contributed by atoms with E-state index in [2.05, 4.69) is 16.4 Å². The van der Waals surface area contributed by atoms with E-state index >= 15 is 0 Å². The Morgan fingerprint density at radius 2 is 1.73 bits per heavy atom. The van der Waals surface area contributed by atoms with E-state index in [1.165, 1.54) is 12.5 Å². The maximum absolute atomic E-state index is 12.8. The van der Waals surface area contributed by atoms with Crippen molar-refractivity contribution in [2.24, 2.45) is 5.92 Å². The zero-order valence-electron chi connectivity index (χ0n) is 23.1. The van der Waals surface area contributed by atoms with Crippen LogP contribution < -0.4 is 5.32 Å². The molecular formula is C31H36N2O7S. The van der Waals surface area contributed by atoms with Gasteiger partial charge in [0.1, 0.15) is 6.26 Å². The van der Waals surface area contributed by atoms with Gasteiger partial charge in [-0.3, -0.25) is 9.59 Å². The molecule has 41 heavy (non-hydrogen) atoms. The lowest BCUT2D eigenvalue weighted by Gasteiger charge is -2.26. The average Bonchev–Trinajstić information content (AvgIpc) is 3.69. The van der Waals surface area contributed by atoms with Gasteiger partial charge in [-0.2, -0.15) is 0 Å². The first-order valence-corrected chi connectivity index (χ1v) is 16.0. The lowest BCUT2D eigenvalue weighted by atomic mass is 9.75. The number of oxazole rings is 1. The number of aliphatic carboxylic acids is 1. The molecule has 4 atom stereocenters. The molecule has 2 bridgehead atoms. The van der Waals surface area contributed by atoms with E-state index in [0.717, 1.165) is 55.2 Å². The third-order valence-electron chi connectivity index (χ3n) is 8.18. The number of hydrogen-bond donors (Lipinski definition) is 2. The molecule has 0 saturated carbocycles. The van der Waals surface area contributed by atoms with Crippen LogP contribution in [0.25, 0.3) is 0 Å². The molecular weight excluding hydrogens is 544 g/mol. The molecule has 2 aliphatic heterocycles. The van der Waals surface area contributed by atoms with Gasteiger partial charge in [-0.1, -0.05) is 36.4 Å². The van der Waals surface area contributed by atoms with Gasteiger partial charge in [0, 0.05) is 25.1 Å². The van der Waals surface area contributed by atoms with Crippen molar-refractivity contribution in [3.63, 3.8) is 0 Å². The first kappa shape index (κ1) is 29.0. The summed E-state index contributed by atoms with van der Waals surface area (Å²) in [6.45, 7) is 0.495. The lowest BCUT2D eigenvalue weighted by molar-refractivity contribution is -0.136. The Bertz CT molecular complexity index is 1480. The highest BCUT2D eigenvalue weighted by Crippen LogP contribution is 2.50. The quantitative estimate of drug-likeness (QED) is 0.285. The van der Waals surface area contributed by atoms with Gasteiger partial charge in [0.25, 0.3) is 5.91 Å². The highest BCUT2D eigenvalue weighted by Gasteiger charge is 2.51. The number of carbonyl (C=O) groups is 2. The first-order chi connectivity index (χ1) is 19.7. The maximum atomic E-state index is 12.8. The smallest absolute Gasteiger partial charge is 0.303 e. The molecule has 0 radical (unpaired) electrons. The second kappa shape index (κ2) is 12.6. The normalized spacial score (nSPS) is 21.7. The zero-order chi connectivity index (χ0) is 29.0. The molecule has 2 saturated heterocycles. The number of amides is 1. The summed E-state index contributed by atoms with van der Waals surface area (Å²) in [6, 6.07) is 14.9. The highest BCUT2D eigenvalue weighted by molar-refractivity contribution is 7.90. The average molecular weight is 581 g/mol. The van der Waals surface area contributed by atoms with Crippen molar-refractivity contribution in [3.8, 4) is 0 Å². The van der Waals surface area contributed by atoms with Gasteiger partial charge >= 0.3 is 5.97 Å². The minimum atomic E-state index is -3.20. The van der Waals surface area contributed by atoms with E-state index in [0.29, 0.717) is 23.8 Å². The Balaban J connectivity index is 1.15. The van der Waals surface area contributed by atoms with Crippen molar-refractivity contribution in [2.45, 2.75) is 74.4 Å². The van der Waals surface area contributed by atoms with Gasteiger partial charge in [-0.05, 0) is 73.8 Å². The Kier molecular flexibility index (Phi) is 8.89. The van der Waals surface area contributed by atoms with Gasteiger partial charge in [-0.15, -0.1) is 0 Å². The first-order valence-electron chi connectivity index (χ1n) is 14.2. The fraction of sp³-hybridized carbons (Fsp3) is 0.452. The van der Waals surface area contributed by atoms with Gasteiger partial charge in [0.15, 0.2) is 15.5 Å². The number of sulfone groups is 1. The molecule has 2 aromatic carbocycles. The van der Waals surface area contributed by atoms with Crippen molar-refractivity contribution in [1.29, 1.82) is 0 Å². The van der Waals surface area contributed by atoms with Gasteiger partial charge in [-0.25, -0.2) is 13.4 Å². The lowest BCUT2D eigenvalue weighted by Crippen LogP contribution is -2.28. The Hall–Kier alpha value is -3.50. The number of carboxylic acids is 1. The van der Waals surface area contributed by atoms with Crippen LogP contribution in [0.15, 0.2) is 64.1 Å². The molecule has 1 amide bonds. The van der Waals surface area contributed by atoms with Crippen molar-refractivity contribution in [3.05, 3.63) is 83.1 Å². The van der Waals surface area contributed by atoms with Crippen molar-refractivity contribution in [2.75, 3.05) is 12.8 Å². The summed E-state index contributed by atoms with van der Waals surface area (Å²) in [5, 5.41) is 12.1. The van der Waals surface area contributed by atoms with E-state index in [1.807, 2.05) is 30.3 Å². The number of benzene rings is 2. The number of hydrogen-bond acceptors (Lipinski definition) is 7. The van der Waals surface area contributed by atoms with E-state index in [9.17, 15) is 18.0 Å². The third-order valence-corrected chi connectivity index (χ3v) is 9.30. The van der Waals surface area contributed by atoms with E-state index in [-0.39, 0.29) is 42.1 Å². The van der Waals surface area contributed by atoms with Crippen LogP contribution in [-0.2, 0) is 38.6 Å². The second-order valence-electron chi connectivity index (χ2n) is 11.0. The highest BCUT2D eigenvalue weighted by atomic mass is 32.2. The summed E-state index contributed by atoms with van der Waals surface area (Å²) in [4.78, 5) is 28.8. The number of rotatable bonds is 13. The number of nitrogens with one attached hydrogen (secondary N) is 1. The van der Waals surface area contributed by atoms with Gasteiger partial charge < -0.3 is 19.6 Å². The van der Waals surface area contributed by atoms with Crippen LogP contribution in [0, 0.1) is 5.92 Å². The summed E-state index contributed by atoms with van der Waals surface area (Å²) in [6.07, 6.45) is 8.31. The Morgan fingerprint density at radius 1 is 1.00 bits per heavy atom. The minimum absolute atomic E-state index is 0.00255. The number of carbonyl (C=O) groups excluding carboxylic acids is 1. The van der Waals surface area contributed by atoms with Crippen LogP contribution in [0.2, 0.25) is 0 Å². The molecule has 0 spiro atoms. The SMILES string of the molecule is CS(=O)(=O)c1ccc(CCCCNC(=O)c2coc([C@H]3[C@@H](Cc4ccccc4CCC(=O)O)[C@@H]4CC[C@H]3O4)n2)cc1. The largest absolute Gasteiger partial charge is 0.481 e. The zero-order valence-corrected chi connectivity index (χ0v) is 23.9. The van der Waals surface area contributed by atoms with Crippen LogP contribution >= 0.6 is 0 Å². The molecule has 2 aliphatic rings. The summed E-state index contributed by atoms with van der Waals surface area (Å²) < 4.78 is 35.3. The Morgan fingerprint density at radius 3 is 2.46 bits per heavy atom. The molecule has 2 N–H and O–H groups in total. The van der Waals surface area contributed by atoms with Crippen molar-refractivity contribution in [1.82, 2.24) is 10.3 Å². The number of nitrogens with zero attached hydrogens (tertiary/aromatic N) is 1. The predicted octanol–water partition coefficient (Wildman–Crippen LogP) is 4.35. The van der Waals surface area contributed by atoms with E-state index < -0.39 is 15.8 Å². The number of ether oxygens (including phenoxy) is 1. The van der Waals surface area contributed by atoms with Gasteiger partial charge in [0.2, 0.25) is 5.89 Å². The maximum Gasteiger partial charge on any atom is 0.303 e. The topological polar surface area (TPSA) is 136 Å². The van der Waals surface area contributed by atoms with Crippen LogP contribution in [0.5, 0.6) is 0 Å². The fourth-order valence-corrected chi connectivity index (χ4v) is 6.70. The fourth-order valence-electron chi connectivity index (χ4n) is 6.07. The van der Waals surface area contributed by atoms with Crippen LogP contribution in [0.3, 0.4) is 0 Å². The van der Waals surface area contributed by atoms with E-state index in [4.69, 9.17) is 14.3 Å². The summed E-state index contributed by atoms with van der Waals surface area (Å²) in [5.41, 5.74) is 3.46. The minimum Gasteiger partial charge on any atom is -0.481 e. The summed E-state index contributed by atoms with van der Waals surface area (Å²) in [7, 11) is -3.20. The molecule has 218 valence electrons. The van der Waals surface area contributed by atoms with E-state index in [1.54, 1.807) is 12.1 Å². The Labute approximate surface area is 240 Å². The number of aromatic nitrogens is 1. The molecule has 3 aromatic rings. The number of fused-ring (bicyclic) bond motifs is 2. The number of carboxylic acid groups (broad SMARTS) is 1. The third kappa shape index (κ3) is 7.05. The molecule has 0 aliphatic carbocycles. The molecule has 0 unspecified atom stereocenters. The number of unbranched alkanes of at least 4 members (excludes halogenated alkanes) is 1. The van der Waals surface area contributed by atoms with Crippen molar-refractivity contribution >= 4 is 21.7 Å². The van der Waals surface area contributed by atoms with Crippen LogP contribution in [-0.4, -0.2) is 55.4 Å². The molecule has 3 heterocycles. The standard InChI is InChI=1S/C31H36N2O7S/c1-41(37,38)23-12-9-20(10-13-23)6-4-5-17-32-30(36)25-19-39-31(33-25)29-24(26-14-15-27(29)40-26)18-22-8-3-2-7-21(22)11-16-28(34)35/h2-3,7-10,12-13,19,24,26-27,29H,4-6,11,14-18H2,1H3,(H,32,36)(H,34,35)/t24-,26-,27+,29-/m0/s1. The molecule has 1 aromatic heterocycles. The monoisotopic (exact) mass is 580 g/mol. The summed E-state index contributed by atoms with van der Waals surface area (Å²) in [5.74, 6) is -0.490. The number of aryl methyl sites for hydroxylation is 2. The molecule has 10 heteroatoms. The molecule has 5 rings (SSSR count). The van der Waals surface area contributed by atoms with Crippen LogP contribution in [0.4, 0.5) is 0 Å². The second-order valence-corrected chi connectivity index (χ2v) is 13.1.